The van der Waals surface area contributed by atoms with E-state index in [-0.39, 0.29) is 5.91 Å². The van der Waals surface area contributed by atoms with Gasteiger partial charge in [0.1, 0.15) is 0 Å². The minimum atomic E-state index is -0.0613. The molecule has 0 aliphatic heterocycles. The van der Waals surface area contributed by atoms with E-state index in [1.165, 1.54) is 4.90 Å². The first-order valence-corrected chi connectivity index (χ1v) is 3.87. The van der Waals surface area contributed by atoms with Crippen molar-refractivity contribution in [2.24, 2.45) is 0 Å². The van der Waals surface area contributed by atoms with Gasteiger partial charge in [0.05, 0.1) is 0 Å². The van der Waals surface area contributed by atoms with Gasteiger partial charge in [0.15, 0.2) is 0 Å². The number of halogens is 1. The molecule has 2 nitrogen and oxygen atoms in total. The molecular weight excluding hydrogens is 174 g/mol. The Morgan fingerprint density at radius 3 is 2.67 bits per heavy atom. The van der Waals surface area contributed by atoms with Gasteiger partial charge in [-0.3, -0.25) is 4.79 Å². The van der Waals surface area contributed by atoms with Gasteiger partial charge in [-0.1, -0.05) is 11.6 Å². The van der Waals surface area contributed by atoms with Crippen molar-refractivity contribution in [2.75, 3.05) is 14.1 Å². The van der Waals surface area contributed by atoms with Crippen molar-refractivity contribution in [3.63, 3.8) is 0 Å². The van der Waals surface area contributed by atoms with Crippen LogP contribution in [0, 0.1) is 6.07 Å². The quantitative estimate of drug-likeness (QED) is 0.649. The molecule has 0 saturated carbocycles. The Labute approximate surface area is 76.8 Å². The highest BCUT2D eigenvalue weighted by Gasteiger charge is 2.06. The molecule has 0 atom stereocenters. The van der Waals surface area contributed by atoms with Gasteiger partial charge in [0, 0.05) is 24.7 Å². The smallest absolute Gasteiger partial charge is 0.253 e. The lowest BCUT2D eigenvalue weighted by Crippen LogP contribution is -2.21. The van der Waals surface area contributed by atoms with Gasteiger partial charge in [0.25, 0.3) is 5.91 Å². The number of hydrogen-bond acceptors (Lipinski definition) is 1. The van der Waals surface area contributed by atoms with E-state index in [2.05, 4.69) is 6.07 Å². The Kier molecular flexibility index (Phi) is 2.71. The van der Waals surface area contributed by atoms with Gasteiger partial charge >= 0.3 is 0 Å². The highest BCUT2D eigenvalue weighted by Crippen LogP contribution is 2.10. The van der Waals surface area contributed by atoms with Crippen molar-refractivity contribution in [2.45, 2.75) is 0 Å². The first kappa shape index (κ1) is 9.07. The summed E-state index contributed by atoms with van der Waals surface area (Å²) in [5, 5.41) is 0.530. The normalized spacial score (nSPS) is 9.58. The molecule has 0 fully saturated rings. The Balaban J connectivity index is 2.96. The van der Waals surface area contributed by atoms with Crippen LogP contribution in [0.2, 0.25) is 5.02 Å². The second-order valence-electron chi connectivity index (χ2n) is 2.64. The van der Waals surface area contributed by atoms with Crippen molar-refractivity contribution >= 4 is 17.5 Å². The van der Waals surface area contributed by atoms with Gasteiger partial charge < -0.3 is 4.90 Å². The van der Waals surface area contributed by atoms with E-state index in [9.17, 15) is 4.79 Å². The fourth-order valence-electron chi connectivity index (χ4n) is 0.825. The molecule has 0 spiro atoms. The largest absolute Gasteiger partial charge is 0.345 e. The second-order valence-corrected chi connectivity index (χ2v) is 3.08. The number of carbonyl (C=O) groups is 1. The molecule has 1 aromatic carbocycles. The summed E-state index contributed by atoms with van der Waals surface area (Å²) in [7, 11) is 3.40. The Morgan fingerprint density at radius 2 is 2.17 bits per heavy atom. The van der Waals surface area contributed by atoms with Crippen molar-refractivity contribution in [3.8, 4) is 0 Å². The molecule has 0 saturated heterocycles. The van der Waals surface area contributed by atoms with Gasteiger partial charge in [-0.15, -0.1) is 0 Å². The van der Waals surface area contributed by atoms with E-state index in [1.807, 2.05) is 0 Å². The molecule has 1 radical (unpaired) electrons. The summed E-state index contributed by atoms with van der Waals surface area (Å²) in [5.74, 6) is -0.0613. The maximum atomic E-state index is 11.3. The minimum absolute atomic E-state index is 0.0613. The van der Waals surface area contributed by atoms with Gasteiger partial charge in [0.2, 0.25) is 0 Å². The first-order chi connectivity index (χ1) is 5.61. The molecular formula is C9H9ClNO. The fraction of sp³-hybridized carbons (Fsp3) is 0.222. The standard InChI is InChI=1S/C9H9ClNO/c1-11(2)9(12)7-4-3-5-8(10)6-7/h4-6H,1-2H3. The summed E-state index contributed by atoms with van der Waals surface area (Å²) in [6.45, 7) is 0. The van der Waals surface area contributed by atoms with E-state index >= 15 is 0 Å². The Bertz CT molecular complexity index is 296. The summed E-state index contributed by atoms with van der Waals surface area (Å²) in [5.41, 5.74) is 0.563. The number of hydrogen-bond donors (Lipinski definition) is 0. The molecule has 0 aliphatic carbocycles. The molecule has 1 rings (SSSR count). The number of benzene rings is 1. The second kappa shape index (κ2) is 3.59. The van der Waals surface area contributed by atoms with Crippen LogP contribution >= 0.6 is 11.6 Å². The van der Waals surface area contributed by atoms with Crippen LogP contribution in [0.4, 0.5) is 0 Å². The monoisotopic (exact) mass is 182 g/mol. The lowest BCUT2D eigenvalue weighted by Gasteiger charge is -2.09. The van der Waals surface area contributed by atoms with Crippen LogP contribution in [-0.2, 0) is 0 Å². The highest BCUT2D eigenvalue weighted by atomic mass is 35.5. The van der Waals surface area contributed by atoms with Crippen molar-refractivity contribution in [3.05, 3.63) is 34.9 Å². The number of carbonyl (C=O) groups excluding carboxylic acids is 1. The van der Waals surface area contributed by atoms with Crippen LogP contribution in [0.1, 0.15) is 10.4 Å². The lowest BCUT2D eigenvalue weighted by atomic mass is 10.2. The van der Waals surface area contributed by atoms with E-state index in [4.69, 9.17) is 11.6 Å². The van der Waals surface area contributed by atoms with Crippen molar-refractivity contribution in [1.29, 1.82) is 0 Å². The van der Waals surface area contributed by atoms with Crippen LogP contribution < -0.4 is 0 Å². The zero-order chi connectivity index (χ0) is 9.14. The third-order valence-corrected chi connectivity index (χ3v) is 1.62. The fourth-order valence-corrected chi connectivity index (χ4v) is 1.01. The molecule has 3 heteroatoms. The van der Waals surface area contributed by atoms with Crippen LogP contribution in [0.15, 0.2) is 18.2 Å². The van der Waals surface area contributed by atoms with E-state index in [1.54, 1.807) is 32.3 Å². The highest BCUT2D eigenvalue weighted by molar-refractivity contribution is 6.30. The zero-order valence-corrected chi connectivity index (χ0v) is 7.72. The Hall–Kier alpha value is -1.02. The van der Waals surface area contributed by atoms with E-state index < -0.39 is 0 Å². The molecule has 0 N–H and O–H groups in total. The third-order valence-electron chi connectivity index (χ3n) is 1.41. The zero-order valence-electron chi connectivity index (χ0n) is 6.97. The summed E-state index contributed by atoms with van der Waals surface area (Å²) in [6, 6.07) is 7.65. The molecule has 1 aromatic rings. The van der Waals surface area contributed by atoms with Crippen molar-refractivity contribution in [1.82, 2.24) is 4.90 Å². The molecule has 0 aliphatic rings. The van der Waals surface area contributed by atoms with Gasteiger partial charge in [-0.25, -0.2) is 0 Å². The molecule has 0 aromatic heterocycles. The molecule has 12 heavy (non-hydrogen) atoms. The minimum Gasteiger partial charge on any atom is -0.345 e. The first-order valence-electron chi connectivity index (χ1n) is 3.49. The van der Waals surface area contributed by atoms with Crippen LogP contribution in [0.3, 0.4) is 0 Å². The summed E-state index contributed by atoms with van der Waals surface area (Å²) in [6.07, 6.45) is 0. The summed E-state index contributed by atoms with van der Waals surface area (Å²) < 4.78 is 0. The summed E-state index contributed by atoms with van der Waals surface area (Å²) >= 11 is 5.69. The number of rotatable bonds is 1. The maximum absolute atomic E-state index is 11.3. The van der Waals surface area contributed by atoms with Crippen molar-refractivity contribution < 1.29 is 4.79 Å². The van der Waals surface area contributed by atoms with Gasteiger partial charge in [-0.2, -0.15) is 0 Å². The Morgan fingerprint density at radius 1 is 1.50 bits per heavy atom. The lowest BCUT2D eigenvalue weighted by molar-refractivity contribution is 0.0827. The predicted octanol–water partition coefficient (Wildman–Crippen LogP) is 1.84. The van der Waals surface area contributed by atoms with Crippen LogP contribution in [-0.4, -0.2) is 24.9 Å². The topological polar surface area (TPSA) is 20.3 Å². The third kappa shape index (κ3) is 1.98. The average molecular weight is 183 g/mol. The maximum Gasteiger partial charge on any atom is 0.253 e. The van der Waals surface area contributed by atoms with Crippen LogP contribution in [0.25, 0.3) is 0 Å². The molecule has 0 bridgehead atoms. The molecule has 1 amide bonds. The van der Waals surface area contributed by atoms with Gasteiger partial charge in [-0.05, 0) is 24.3 Å². The summed E-state index contributed by atoms with van der Waals surface area (Å²) in [4.78, 5) is 12.8. The predicted molar refractivity (Wildman–Crippen MR) is 48.3 cm³/mol. The molecule has 0 heterocycles. The molecule has 63 valence electrons. The number of nitrogens with zero attached hydrogens (tertiary/aromatic N) is 1. The van der Waals surface area contributed by atoms with E-state index in [0.29, 0.717) is 10.6 Å². The molecule has 0 unspecified atom stereocenters. The average Bonchev–Trinajstić information content (AvgIpc) is 2.03. The van der Waals surface area contributed by atoms with Crippen LogP contribution in [0.5, 0.6) is 0 Å². The number of amides is 1. The van der Waals surface area contributed by atoms with E-state index in [0.717, 1.165) is 0 Å². The SMILES string of the molecule is CN(C)C(=O)c1c[c]cc(Cl)c1.